The normalized spacial score (nSPS) is 12.5. The van der Waals surface area contributed by atoms with Crippen LogP contribution in [0.2, 0.25) is 0 Å². The average Bonchev–Trinajstić information content (AvgIpc) is 3.76. The first kappa shape index (κ1) is 27.1. The summed E-state index contributed by atoms with van der Waals surface area (Å²) in [7, 11) is 0. The highest BCUT2D eigenvalue weighted by molar-refractivity contribution is 6.14. The van der Waals surface area contributed by atoms with Crippen LogP contribution in [0, 0.1) is 0 Å². The first-order chi connectivity index (χ1) is 23.3. The highest BCUT2D eigenvalue weighted by Crippen LogP contribution is 2.47. The van der Waals surface area contributed by atoms with Gasteiger partial charge in [0.05, 0.1) is 22.4 Å². The van der Waals surface area contributed by atoms with Gasteiger partial charge in [0.15, 0.2) is 0 Å². The number of benzene rings is 7. The van der Waals surface area contributed by atoms with Gasteiger partial charge in [0.2, 0.25) is 0 Å². The molecule has 4 nitrogen and oxygen atoms in total. The summed E-state index contributed by atoms with van der Waals surface area (Å²) in [5.74, 6) is 0. The minimum absolute atomic E-state index is 0.117. The molecule has 4 heteroatoms. The van der Waals surface area contributed by atoms with E-state index < -0.39 is 0 Å². The van der Waals surface area contributed by atoms with Crippen molar-refractivity contribution in [3.63, 3.8) is 0 Å². The molecule has 47 heavy (non-hydrogen) atoms. The Bertz CT molecular complexity index is 2240. The van der Waals surface area contributed by atoms with E-state index in [0.29, 0.717) is 0 Å². The number of nitrogens with one attached hydrogen (secondary N) is 2. The van der Waals surface area contributed by atoms with Crippen molar-refractivity contribution in [3.05, 3.63) is 175 Å². The van der Waals surface area contributed by atoms with Crippen molar-refractivity contribution in [2.24, 2.45) is 0 Å². The van der Waals surface area contributed by atoms with Gasteiger partial charge in [-0.15, -0.1) is 0 Å². The van der Waals surface area contributed by atoms with Crippen LogP contribution in [0.15, 0.2) is 174 Å². The number of hydrogen-bond acceptors (Lipinski definition) is 4. The number of hydrogen-bond donors (Lipinski definition) is 2. The molecule has 0 spiro atoms. The monoisotopic (exact) mass is 605 g/mol. The number of nitrogens with zero attached hydrogens (tertiary/aromatic N) is 1. The van der Waals surface area contributed by atoms with Gasteiger partial charge in [-0.25, -0.2) is 0 Å². The van der Waals surface area contributed by atoms with Crippen molar-refractivity contribution in [2.75, 3.05) is 15.5 Å². The Kier molecular flexibility index (Phi) is 6.50. The van der Waals surface area contributed by atoms with Crippen LogP contribution in [-0.2, 0) is 0 Å². The van der Waals surface area contributed by atoms with E-state index in [4.69, 9.17) is 4.42 Å². The zero-order valence-corrected chi connectivity index (χ0v) is 25.6. The molecule has 0 amide bonds. The smallest absolute Gasteiger partial charge is 0.144 e. The van der Waals surface area contributed by atoms with Crippen molar-refractivity contribution in [3.8, 4) is 22.3 Å². The Balaban J connectivity index is 1.22. The predicted molar refractivity (Wildman–Crippen MR) is 196 cm³/mol. The van der Waals surface area contributed by atoms with Crippen LogP contribution in [0.4, 0.5) is 28.4 Å². The molecule has 0 unspecified atom stereocenters. The molecule has 2 heterocycles. The van der Waals surface area contributed by atoms with Crippen LogP contribution < -0.4 is 15.5 Å². The lowest BCUT2D eigenvalue weighted by Gasteiger charge is -2.27. The molecule has 1 aliphatic heterocycles. The maximum absolute atomic E-state index is 6.70. The van der Waals surface area contributed by atoms with Crippen molar-refractivity contribution in [2.45, 2.75) is 6.17 Å². The fourth-order valence-electron chi connectivity index (χ4n) is 6.78. The van der Waals surface area contributed by atoms with E-state index in [0.717, 1.165) is 55.9 Å². The maximum Gasteiger partial charge on any atom is 0.144 e. The predicted octanol–water partition coefficient (Wildman–Crippen LogP) is 11.9. The minimum atomic E-state index is -0.117. The first-order valence-corrected chi connectivity index (χ1v) is 16.0. The van der Waals surface area contributed by atoms with Gasteiger partial charge in [0.1, 0.15) is 17.3 Å². The van der Waals surface area contributed by atoms with Gasteiger partial charge in [-0.1, -0.05) is 115 Å². The Morgan fingerprint density at radius 2 is 0.936 bits per heavy atom. The van der Waals surface area contributed by atoms with Gasteiger partial charge in [0, 0.05) is 22.3 Å². The summed E-state index contributed by atoms with van der Waals surface area (Å²) in [5.41, 5.74) is 12.9. The van der Waals surface area contributed by atoms with Gasteiger partial charge in [-0.3, -0.25) is 0 Å². The molecule has 7 aromatic carbocycles. The molecule has 8 aromatic rings. The summed E-state index contributed by atoms with van der Waals surface area (Å²) in [4.78, 5) is 2.35. The molecule has 1 aliphatic rings. The summed E-state index contributed by atoms with van der Waals surface area (Å²) in [6.07, 6.45) is -0.117. The van der Waals surface area contributed by atoms with E-state index in [1.165, 1.54) is 22.3 Å². The molecular weight excluding hydrogens is 574 g/mol. The van der Waals surface area contributed by atoms with Crippen LogP contribution in [0.1, 0.15) is 11.7 Å². The quantitative estimate of drug-likeness (QED) is 0.198. The Morgan fingerprint density at radius 1 is 0.447 bits per heavy atom. The molecule has 0 saturated heterocycles. The molecule has 224 valence electrons. The van der Waals surface area contributed by atoms with Gasteiger partial charge in [-0.05, 0) is 76.9 Å². The van der Waals surface area contributed by atoms with Crippen LogP contribution in [-0.4, -0.2) is 0 Å². The Labute approximate surface area is 273 Å². The van der Waals surface area contributed by atoms with E-state index in [2.05, 4.69) is 179 Å². The highest BCUT2D eigenvalue weighted by Gasteiger charge is 2.27. The molecule has 1 aromatic heterocycles. The molecular formula is C43H31N3O. The largest absolute Gasteiger partial charge is 0.456 e. The molecule has 0 atom stereocenters. The minimum Gasteiger partial charge on any atom is -0.456 e. The third-order valence-corrected chi connectivity index (χ3v) is 9.08. The molecule has 0 saturated carbocycles. The lowest BCUT2D eigenvalue weighted by Crippen LogP contribution is -2.14. The number of anilines is 5. The fourth-order valence-corrected chi connectivity index (χ4v) is 6.78. The van der Waals surface area contributed by atoms with Gasteiger partial charge in [0.25, 0.3) is 0 Å². The summed E-state index contributed by atoms with van der Waals surface area (Å²) in [6, 6.07) is 59.8. The second-order valence-electron chi connectivity index (χ2n) is 11.9. The van der Waals surface area contributed by atoms with Crippen LogP contribution in [0.5, 0.6) is 0 Å². The Hall–Kier alpha value is -6.26. The molecule has 9 rings (SSSR count). The summed E-state index contributed by atoms with van der Waals surface area (Å²) in [6.45, 7) is 0. The topological polar surface area (TPSA) is 40.4 Å². The summed E-state index contributed by atoms with van der Waals surface area (Å²) < 4.78 is 6.70. The second-order valence-corrected chi connectivity index (χ2v) is 11.9. The van der Waals surface area contributed by atoms with Crippen molar-refractivity contribution in [1.29, 1.82) is 0 Å². The SMILES string of the molecule is c1ccc(-c2ccc(N(c3ccc(-c4ccccc4)cc3)c3ccc(C4Nc5ccccc5N4)c4oc5ccccc5c34)cc2)cc1. The highest BCUT2D eigenvalue weighted by atomic mass is 16.3. The number of fused-ring (bicyclic) bond motifs is 4. The van der Waals surface area contributed by atoms with Crippen molar-refractivity contribution in [1.82, 2.24) is 0 Å². The summed E-state index contributed by atoms with van der Waals surface area (Å²) >= 11 is 0. The fraction of sp³-hybridized carbons (Fsp3) is 0.0233. The first-order valence-electron chi connectivity index (χ1n) is 16.0. The van der Waals surface area contributed by atoms with E-state index in [-0.39, 0.29) is 6.17 Å². The lowest BCUT2D eigenvalue weighted by atomic mass is 10.0. The van der Waals surface area contributed by atoms with Crippen LogP contribution in [0.25, 0.3) is 44.2 Å². The van der Waals surface area contributed by atoms with E-state index >= 15 is 0 Å². The van der Waals surface area contributed by atoms with Gasteiger partial charge >= 0.3 is 0 Å². The molecule has 0 aliphatic carbocycles. The second kappa shape index (κ2) is 11.3. The molecule has 0 radical (unpaired) electrons. The standard InChI is InChI=1S/C43H31N3O/c1-3-11-29(12-4-1)31-19-23-33(24-20-31)46(34-25-21-32(22-26-34)30-13-5-2-6-14-30)39-28-27-36(43-44-37-16-8-9-17-38(37)45-43)42-41(39)35-15-7-10-18-40(35)47-42/h1-28,43-45H. The zero-order chi connectivity index (χ0) is 31.2. The van der Waals surface area contributed by atoms with Crippen LogP contribution in [0.3, 0.4) is 0 Å². The molecule has 0 fully saturated rings. The third-order valence-electron chi connectivity index (χ3n) is 9.08. The lowest BCUT2D eigenvalue weighted by molar-refractivity contribution is 0.660. The number of rotatable bonds is 6. The zero-order valence-electron chi connectivity index (χ0n) is 25.6. The Morgan fingerprint density at radius 3 is 1.51 bits per heavy atom. The van der Waals surface area contributed by atoms with E-state index in [9.17, 15) is 0 Å². The number of furan rings is 1. The van der Waals surface area contributed by atoms with E-state index in [1.807, 2.05) is 6.07 Å². The average molecular weight is 606 g/mol. The van der Waals surface area contributed by atoms with Gasteiger partial charge in [-0.2, -0.15) is 0 Å². The van der Waals surface area contributed by atoms with Gasteiger partial charge < -0.3 is 20.0 Å². The maximum atomic E-state index is 6.70. The van der Waals surface area contributed by atoms with Crippen molar-refractivity contribution >= 4 is 50.4 Å². The number of para-hydroxylation sites is 3. The molecule has 2 N–H and O–H groups in total. The summed E-state index contributed by atoms with van der Waals surface area (Å²) in [5, 5.41) is 9.48. The van der Waals surface area contributed by atoms with Crippen LogP contribution >= 0.6 is 0 Å². The van der Waals surface area contributed by atoms with Crippen molar-refractivity contribution < 1.29 is 4.42 Å². The molecule has 0 bridgehead atoms. The van der Waals surface area contributed by atoms with E-state index in [1.54, 1.807) is 0 Å². The third kappa shape index (κ3) is 4.79.